The van der Waals surface area contributed by atoms with Crippen LogP contribution < -0.4 is 15.9 Å². The number of nitrogen functional groups attached to an aromatic ring is 1. The number of fused-ring (bicyclic) bond motifs is 1. The summed E-state index contributed by atoms with van der Waals surface area (Å²) in [4.78, 5) is 37.9. The summed E-state index contributed by atoms with van der Waals surface area (Å²) >= 11 is 0. The van der Waals surface area contributed by atoms with Crippen molar-refractivity contribution in [1.29, 1.82) is 0 Å². The average molecular weight is 568 g/mol. The molecule has 1 aliphatic carbocycles. The van der Waals surface area contributed by atoms with Gasteiger partial charge in [-0.1, -0.05) is 19.8 Å². The maximum absolute atomic E-state index is 14.1. The molecule has 0 aliphatic heterocycles. The molecular formula is C25H42N7O6P. The summed E-state index contributed by atoms with van der Waals surface area (Å²) in [6, 6.07) is -0.892. The van der Waals surface area contributed by atoms with Crippen molar-refractivity contribution in [3.63, 3.8) is 0 Å². The van der Waals surface area contributed by atoms with Crippen LogP contribution in [0.3, 0.4) is 0 Å². The number of anilines is 1. The Morgan fingerprint density at radius 2 is 1.97 bits per heavy atom. The SMILES string of the molecule is CCCCCOC(=O)C(C)(C)NP(=O)(COC(C)Cn1cnc2c(N)ncnc21)NC(C)C(=O)OC1CCC1. The highest BCUT2D eigenvalue weighted by atomic mass is 31.2. The van der Waals surface area contributed by atoms with Crippen molar-refractivity contribution in [3.8, 4) is 0 Å². The second kappa shape index (κ2) is 13.6. The van der Waals surface area contributed by atoms with Crippen molar-refractivity contribution in [2.24, 2.45) is 0 Å². The molecule has 2 aromatic rings. The number of imidazole rings is 1. The van der Waals surface area contributed by atoms with Crippen LogP contribution in [-0.2, 0) is 34.9 Å². The maximum atomic E-state index is 14.1. The molecule has 3 unspecified atom stereocenters. The summed E-state index contributed by atoms with van der Waals surface area (Å²) in [5.74, 6) is -0.769. The standard InChI is InChI=1S/C25H42N7O6P/c1-6-7-8-12-36-24(34)25(4,5)31-39(35,30-18(3)23(33)38-19-10-9-11-19)16-37-17(2)13-32-15-29-20-21(26)27-14-28-22(20)32/h14-15,17-19H,6-13,16H2,1-5H3,(H2,26,27,28)(H2,30,31,35). The van der Waals surface area contributed by atoms with Crippen LogP contribution in [0.5, 0.6) is 0 Å². The Balaban J connectivity index is 1.68. The number of esters is 2. The highest BCUT2D eigenvalue weighted by molar-refractivity contribution is 7.59. The lowest BCUT2D eigenvalue weighted by Crippen LogP contribution is -2.50. The number of rotatable bonds is 16. The lowest BCUT2D eigenvalue weighted by molar-refractivity contribution is -0.154. The van der Waals surface area contributed by atoms with E-state index in [2.05, 4.69) is 32.1 Å². The third-order valence-corrected chi connectivity index (χ3v) is 8.70. The highest BCUT2D eigenvalue weighted by Crippen LogP contribution is 2.40. The van der Waals surface area contributed by atoms with Gasteiger partial charge in [0, 0.05) is 0 Å². The van der Waals surface area contributed by atoms with E-state index in [-0.39, 0.29) is 24.9 Å². The van der Waals surface area contributed by atoms with Crippen LogP contribution in [0.2, 0.25) is 0 Å². The zero-order valence-electron chi connectivity index (χ0n) is 23.5. The van der Waals surface area contributed by atoms with E-state index in [4.69, 9.17) is 19.9 Å². The molecule has 1 aliphatic rings. The second-order valence-corrected chi connectivity index (χ2v) is 12.8. The Kier molecular flexibility index (Phi) is 10.8. The molecule has 0 amide bonds. The summed E-state index contributed by atoms with van der Waals surface area (Å²) in [7, 11) is -3.68. The fraction of sp³-hybridized carbons (Fsp3) is 0.720. The van der Waals surface area contributed by atoms with Crippen molar-refractivity contribution >= 4 is 36.4 Å². The van der Waals surface area contributed by atoms with Crippen molar-refractivity contribution in [2.75, 3.05) is 18.7 Å². The second-order valence-electron chi connectivity index (χ2n) is 10.6. The molecule has 0 radical (unpaired) electrons. The van der Waals surface area contributed by atoms with Crippen LogP contribution in [-0.4, -0.2) is 68.2 Å². The molecule has 0 saturated heterocycles. The van der Waals surface area contributed by atoms with Gasteiger partial charge in [0.25, 0.3) is 0 Å². The largest absolute Gasteiger partial charge is 0.464 e. The Morgan fingerprint density at radius 1 is 1.23 bits per heavy atom. The minimum absolute atomic E-state index is 0.109. The van der Waals surface area contributed by atoms with Crippen molar-refractivity contribution in [3.05, 3.63) is 12.7 Å². The van der Waals surface area contributed by atoms with E-state index < -0.39 is 37.1 Å². The topological polar surface area (TPSA) is 173 Å². The number of carbonyl (C=O) groups excluding carboxylic acids is 2. The van der Waals surface area contributed by atoms with Gasteiger partial charge in [0.2, 0.25) is 7.44 Å². The Hall–Kier alpha value is -2.60. The van der Waals surface area contributed by atoms with E-state index in [0.29, 0.717) is 17.7 Å². The summed E-state index contributed by atoms with van der Waals surface area (Å²) in [6.07, 6.45) is 7.46. The number of ether oxygens (including phenoxy) is 3. The molecule has 3 atom stereocenters. The predicted octanol–water partition coefficient (Wildman–Crippen LogP) is 3.14. The number of nitrogens with zero attached hydrogens (tertiary/aromatic N) is 4. The smallest absolute Gasteiger partial charge is 0.326 e. The van der Waals surface area contributed by atoms with Gasteiger partial charge in [-0.3, -0.25) is 14.2 Å². The lowest BCUT2D eigenvalue weighted by atomic mass is 9.96. The van der Waals surface area contributed by atoms with E-state index in [0.717, 1.165) is 38.5 Å². The first-order valence-corrected chi connectivity index (χ1v) is 15.4. The molecule has 13 nitrogen and oxygen atoms in total. The molecule has 0 aromatic carbocycles. The van der Waals surface area contributed by atoms with Gasteiger partial charge in [0.1, 0.15) is 35.9 Å². The quantitative estimate of drug-likeness (QED) is 0.154. The molecule has 1 fully saturated rings. The summed E-state index contributed by atoms with van der Waals surface area (Å²) in [5, 5.41) is 5.78. The predicted molar refractivity (Wildman–Crippen MR) is 147 cm³/mol. The molecule has 14 heteroatoms. The zero-order chi connectivity index (χ0) is 28.6. The van der Waals surface area contributed by atoms with Crippen LogP contribution in [0, 0.1) is 0 Å². The normalized spacial score (nSPS) is 17.3. The molecule has 3 rings (SSSR count). The van der Waals surface area contributed by atoms with Gasteiger partial charge in [-0.2, -0.15) is 0 Å². The van der Waals surface area contributed by atoms with E-state index >= 15 is 0 Å². The molecule has 218 valence electrons. The molecule has 4 N–H and O–H groups in total. The number of nitrogens with one attached hydrogen (secondary N) is 2. The van der Waals surface area contributed by atoms with E-state index in [1.54, 1.807) is 31.7 Å². The fourth-order valence-corrected chi connectivity index (χ4v) is 6.40. The highest BCUT2D eigenvalue weighted by Gasteiger charge is 2.39. The lowest BCUT2D eigenvalue weighted by Gasteiger charge is -2.33. The first-order valence-electron chi connectivity index (χ1n) is 13.5. The number of unbranched alkanes of at least 4 members (excludes halogenated alkanes) is 2. The Bertz CT molecular complexity index is 1170. The molecule has 2 aromatic heterocycles. The van der Waals surface area contributed by atoms with Gasteiger partial charge in [0.15, 0.2) is 11.5 Å². The Morgan fingerprint density at radius 3 is 2.64 bits per heavy atom. The molecule has 0 spiro atoms. The first-order chi connectivity index (χ1) is 18.4. The van der Waals surface area contributed by atoms with Gasteiger partial charge in [-0.05, 0) is 53.4 Å². The third kappa shape index (κ3) is 8.69. The van der Waals surface area contributed by atoms with E-state index in [1.807, 2.05) is 6.92 Å². The van der Waals surface area contributed by atoms with Crippen LogP contribution >= 0.6 is 7.44 Å². The van der Waals surface area contributed by atoms with Gasteiger partial charge < -0.3 is 24.5 Å². The molecule has 0 bridgehead atoms. The van der Waals surface area contributed by atoms with Gasteiger partial charge in [0.05, 0.1) is 25.6 Å². The number of hydrogen-bond acceptors (Lipinski definition) is 10. The Labute approximate surface area is 229 Å². The van der Waals surface area contributed by atoms with Crippen LogP contribution in [0.4, 0.5) is 5.82 Å². The van der Waals surface area contributed by atoms with Crippen molar-refractivity contribution < 1.29 is 28.4 Å². The van der Waals surface area contributed by atoms with Crippen LogP contribution in [0.1, 0.15) is 73.1 Å². The monoisotopic (exact) mass is 567 g/mol. The summed E-state index contributed by atoms with van der Waals surface area (Å²) in [5.41, 5.74) is 5.59. The number of hydrogen-bond donors (Lipinski definition) is 3. The summed E-state index contributed by atoms with van der Waals surface area (Å²) < 4.78 is 32.8. The van der Waals surface area contributed by atoms with Crippen molar-refractivity contribution in [1.82, 2.24) is 29.7 Å². The minimum atomic E-state index is -3.68. The average Bonchev–Trinajstić information content (AvgIpc) is 3.26. The summed E-state index contributed by atoms with van der Waals surface area (Å²) in [6.45, 7) is 9.25. The molecular weight excluding hydrogens is 525 g/mol. The third-order valence-electron chi connectivity index (χ3n) is 6.47. The minimum Gasteiger partial charge on any atom is -0.464 e. The number of carbonyl (C=O) groups is 2. The van der Waals surface area contributed by atoms with Gasteiger partial charge >= 0.3 is 11.9 Å². The van der Waals surface area contributed by atoms with Gasteiger partial charge in [-0.25, -0.2) is 25.1 Å². The van der Waals surface area contributed by atoms with Crippen LogP contribution in [0.15, 0.2) is 12.7 Å². The van der Waals surface area contributed by atoms with Crippen molar-refractivity contribution in [2.45, 2.75) is 103 Å². The zero-order valence-corrected chi connectivity index (χ0v) is 24.4. The van der Waals surface area contributed by atoms with Gasteiger partial charge in [-0.15, -0.1) is 0 Å². The van der Waals surface area contributed by atoms with E-state index in [1.165, 1.54) is 6.33 Å². The maximum Gasteiger partial charge on any atom is 0.326 e. The molecule has 39 heavy (non-hydrogen) atoms. The molecule has 2 heterocycles. The first kappa shape index (κ1) is 30.9. The number of aromatic nitrogens is 4. The number of nitrogens with two attached hydrogens (primary N) is 1. The van der Waals surface area contributed by atoms with Crippen LogP contribution in [0.25, 0.3) is 11.2 Å². The fourth-order valence-electron chi connectivity index (χ4n) is 4.01. The molecule has 1 saturated carbocycles. The van der Waals surface area contributed by atoms with E-state index in [9.17, 15) is 14.2 Å².